The van der Waals surface area contributed by atoms with Gasteiger partial charge in [-0.1, -0.05) is 12.1 Å². The van der Waals surface area contributed by atoms with Crippen molar-refractivity contribution in [1.29, 1.82) is 0 Å². The number of nitrogens with two attached hydrogens (primary N) is 1. The Bertz CT molecular complexity index is 583. The first-order valence-corrected chi connectivity index (χ1v) is 7.82. The number of hydrogen-bond acceptors (Lipinski definition) is 3. The largest absolute Gasteiger partial charge is 0.402 e. The monoisotopic (exact) mass is 323 g/mol. The zero-order chi connectivity index (χ0) is 15.7. The molecule has 1 aromatic rings. The van der Waals surface area contributed by atoms with Crippen molar-refractivity contribution in [2.75, 3.05) is 10.8 Å². The normalized spacial score (nSPS) is 16.0. The van der Waals surface area contributed by atoms with Crippen LogP contribution in [0.15, 0.2) is 24.3 Å². The van der Waals surface area contributed by atoms with E-state index in [-0.39, 0.29) is 6.04 Å². The van der Waals surface area contributed by atoms with Gasteiger partial charge in [0.1, 0.15) is 6.54 Å². The average Bonchev–Trinajstić information content (AvgIpc) is 3.21. The second kappa shape index (κ2) is 5.82. The summed E-state index contributed by atoms with van der Waals surface area (Å²) >= 11 is 0. The summed E-state index contributed by atoms with van der Waals surface area (Å²) in [5.74, 6) is 0. The molecule has 0 aliphatic heterocycles. The maximum atomic E-state index is 12.2. The molecular formula is C12H16F3N3O2S. The molecule has 1 aromatic carbocycles. The maximum Gasteiger partial charge on any atom is 0.402 e. The van der Waals surface area contributed by atoms with Crippen molar-refractivity contribution < 1.29 is 21.6 Å². The molecule has 0 bridgehead atoms. The highest BCUT2D eigenvalue weighted by Crippen LogP contribution is 2.34. The number of benzene rings is 1. The molecule has 0 saturated heterocycles. The van der Waals surface area contributed by atoms with Crippen LogP contribution in [0.25, 0.3) is 0 Å². The highest BCUT2D eigenvalue weighted by molar-refractivity contribution is 7.90. The molecular weight excluding hydrogens is 307 g/mol. The van der Waals surface area contributed by atoms with E-state index >= 15 is 0 Å². The van der Waals surface area contributed by atoms with Crippen molar-refractivity contribution in [3.8, 4) is 0 Å². The summed E-state index contributed by atoms with van der Waals surface area (Å²) in [5, 5.41) is 0. The van der Waals surface area contributed by atoms with Gasteiger partial charge >= 0.3 is 16.4 Å². The van der Waals surface area contributed by atoms with Crippen molar-refractivity contribution in [3.63, 3.8) is 0 Å². The molecule has 2 rings (SSSR count). The molecule has 0 spiro atoms. The molecule has 0 heterocycles. The van der Waals surface area contributed by atoms with Crippen molar-refractivity contribution in [2.45, 2.75) is 31.6 Å². The van der Waals surface area contributed by atoms with E-state index in [2.05, 4.69) is 0 Å². The van der Waals surface area contributed by atoms with Gasteiger partial charge in [-0.25, -0.2) is 0 Å². The number of nitrogens with one attached hydrogen (secondary N) is 1. The van der Waals surface area contributed by atoms with Crippen LogP contribution in [0.5, 0.6) is 0 Å². The minimum atomic E-state index is -4.59. The Morgan fingerprint density at radius 2 is 1.81 bits per heavy atom. The fourth-order valence-electron chi connectivity index (χ4n) is 1.88. The van der Waals surface area contributed by atoms with Gasteiger partial charge in [-0.05, 0) is 30.5 Å². The third kappa shape index (κ3) is 4.32. The first kappa shape index (κ1) is 16.1. The van der Waals surface area contributed by atoms with Gasteiger partial charge < -0.3 is 5.73 Å². The first-order chi connectivity index (χ1) is 9.73. The predicted molar refractivity (Wildman–Crippen MR) is 72.8 cm³/mol. The number of rotatable bonds is 6. The lowest BCUT2D eigenvalue weighted by molar-refractivity contribution is -0.121. The third-order valence-corrected chi connectivity index (χ3v) is 4.56. The second-order valence-corrected chi connectivity index (χ2v) is 6.47. The molecule has 1 aliphatic carbocycles. The van der Waals surface area contributed by atoms with Gasteiger partial charge in [0, 0.05) is 12.6 Å². The van der Waals surface area contributed by atoms with E-state index in [0.717, 1.165) is 9.87 Å². The van der Waals surface area contributed by atoms with Gasteiger partial charge in [0.25, 0.3) is 0 Å². The standard InChI is InChI=1S/C12H16F3N3O2S/c13-12(14,15)8-17-21(19,20)18(11-5-6-11)10-3-1-9(7-16)2-4-10/h1-4,11,17H,5-8,16H2. The minimum Gasteiger partial charge on any atom is -0.326 e. The maximum absolute atomic E-state index is 12.2. The van der Waals surface area contributed by atoms with E-state index < -0.39 is 22.9 Å². The van der Waals surface area contributed by atoms with Crippen LogP contribution >= 0.6 is 0 Å². The molecule has 9 heteroatoms. The van der Waals surface area contributed by atoms with Gasteiger partial charge in [-0.2, -0.15) is 26.3 Å². The van der Waals surface area contributed by atoms with Crippen molar-refractivity contribution >= 4 is 15.9 Å². The molecule has 0 unspecified atom stereocenters. The van der Waals surface area contributed by atoms with Crippen LogP contribution in [0.2, 0.25) is 0 Å². The van der Waals surface area contributed by atoms with Crippen molar-refractivity contribution in [1.82, 2.24) is 4.72 Å². The molecule has 118 valence electrons. The predicted octanol–water partition coefficient (Wildman–Crippen LogP) is 1.51. The quantitative estimate of drug-likeness (QED) is 0.833. The van der Waals surface area contributed by atoms with Gasteiger partial charge in [0.05, 0.1) is 5.69 Å². The highest BCUT2D eigenvalue weighted by atomic mass is 32.2. The summed E-state index contributed by atoms with van der Waals surface area (Å²) < 4.78 is 63.4. The number of anilines is 1. The van der Waals surface area contributed by atoms with E-state index in [1.54, 1.807) is 29.0 Å². The van der Waals surface area contributed by atoms with E-state index in [1.807, 2.05) is 0 Å². The molecule has 3 N–H and O–H groups in total. The molecule has 0 aromatic heterocycles. The molecule has 0 amide bonds. The first-order valence-electron chi connectivity index (χ1n) is 6.38. The summed E-state index contributed by atoms with van der Waals surface area (Å²) in [5.41, 5.74) is 6.61. The van der Waals surface area contributed by atoms with Crippen LogP contribution in [0.4, 0.5) is 18.9 Å². The third-order valence-electron chi connectivity index (χ3n) is 3.02. The summed E-state index contributed by atoms with van der Waals surface area (Å²) in [6.45, 7) is -1.28. The van der Waals surface area contributed by atoms with Gasteiger partial charge in [0.15, 0.2) is 0 Å². The lowest BCUT2D eigenvalue weighted by Crippen LogP contribution is -2.45. The second-order valence-electron chi connectivity index (χ2n) is 4.84. The molecule has 0 atom stereocenters. The zero-order valence-corrected chi connectivity index (χ0v) is 11.9. The fourth-order valence-corrected chi connectivity index (χ4v) is 3.36. The zero-order valence-electron chi connectivity index (χ0n) is 11.1. The Morgan fingerprint density at radius 3 is 2.24 bits per heavy atom. The molecule has 1 fully saturated rings. The molecule has 5 nitrogen and oxygen atoms in total. The van der Waals surface area contributed by atoms with Crippen LogP contribution in [-0.2, 0) is 16.8 Å². The summed E-state index contributed by atoms with van der Waals surface area (Å²) in [7, 11) is -4.23. The van der Waals surface area contributed by atoms with E-state index in [1.165, 1.54) is 0 Å². The Kier molecular flexibility index (Phi) is 4.45. The summed E-state index contributed by atoms with van der Waals surface area (Å²) in [6.07, 6.45) is -3.33. The topological polar surface area (TPSA) is 75.4 Å². The average molecular weight is 323 g/mol. The van der Waals surface area contributed by atoms with Crippen LogP contribution in [-0.4, -0.2) is 27.2 Å². The number of alkyl halides is 3. The smallest absolute Gasteiger partial charge is 0.326 e. The van der Waals surface area contributed by atoms with E-state index in [9.17, 15) is 21.6 Å². The molecule has 1 saturated carbocycles. The van der Waals surface area contributed by atoms with Crippen molar-refractivity contribution in [3.05, 3.63) is 29.8 Å². The number of nitrogens with zero attached hydrogens (tertiary/aromatic N) is 1. The van der Waals surface area contributed by atoms with Crippen LogP contribution in [0.1, 0.15) is 18.4 Å². The number of hydrogen-bond donors (Lipinski definition) is 2. The Labute approximate surface area is 121 Å². The van der Waals surface area contributed by atoms with Gasteiger partial charge in [-0.15, -0.1) is 0 Å². The van der Waals surface area contributed by atoms with Crippen LogP contribution in [0, 0.1) is 0 Å². The Balaban J connectivity index is 2.21. The van der Waals surface area contributed by atoms with Gasteiger partial charge in [-0.3, -0.25) is 4.31 Å². The number of halogens is 3. The van der Waals surface area contributed by atoms with Crippen LogP contribution < -0.4 is 14.8 Å². The molecule has 21 heavy (non-hydrogen) atoms. The highest BCUT2D eigenvalue weighted by Gasteiger charge is 2.39. The van der Waals surface area contributed by atoms with E-state index in [4.69, 9.17) is 5.73 Å². The SMILES string of the molecule is NCc1ccc(N(C2CC2)S(=O)(=O)NCC(F)(F)F)cc1. The van der Waals surface area contributed by atoms with E-state index in [0.29, 0.717) is 25.1 Å². The lowest BCUT2D eigenvalue weighted by Gasteiger charge is -2.25. The minimum absolute atomic E-state index is 0.292. The van der Waals surface area contributed by atoms with Gasteiger partial charge in [0.2, 0.25) is 0 Å². The van der Waals surface area contributed by atoms with Crippen molar-refractivity contribution in [2.24, 2.45) is 5.73 Å². The molecule has 0 radical (unpaired) electrons. The fraction of sp³-hybridized carbons (Fsp3) is 0.500. The van der Waals surface area contributed by atoms with Crippen LogP contribution in [0.3, 0.4) is 0 Å². The summed E-state index contributed by atoms with van der Waals surface area (Å²) in [4.78, 5) is 0. The molecule has 1 aliphatic rings. The Hall–Kier alpha value is -1.32. The lowest BCUT2D eigenvalue weighted by atomic mass is 10.2. The summed E-state index contributed by atoms with van der Waals surface area (Å²) in [6, 6.07) is 6.12. The Morgan fingerprint density at radius 1 is 1.24 bits per heavy atom.